The second-order valence-electron chi connectivity index (χ2n) is 3.83. The van der Waals surface area contributed by atoms with E-state index in [1.54, 1.807) is 6.92 Å². The van der Waals surface area contributed by atoms with Crippen molar-refractivity contribution in [1.29, 1.82) is 0 Å². The molecule has 104 valence electrons. The number of aromatic hydroxyl groups is 1. The number of aromatic nitrogens is 2. The summed E-state index contributed by atoms with van der Waals surface area (Å²) < 4.78 is 1.81. The number of nitrogens with two attached hydrogens (primary N) is 2. The van der Waals surface area contributed by atoms with Gasteiger partial charge in [-0.05, 0) is 6.42 Å². The number of hydrogen-bond donors (Lipinski definition) is 3. The first-order chi connectivity index (χ1) is 8.81. The number of guanidine groups is 1. The van der Waals surface area contributed by atoms with Crippen LogP contribution in [0.1, 0.15) is 18.9 Å². The van der Waals surface area contributed by atoms with Gasteiger partial charge < -0.3 is 16.6 Å². The average molecular weight is 268 g/mol. The molecule has 0 aliphatic heterocycles. The average Bonchev–Trinajstić information content (AvgIpc) is 2.37. The largest absolute Gasteiger partial charge is 0.494 e. The summed E-state index contributed by atoms with van der Waals surface area (Å²) in [5.41, 5.74) is 9.09. The zero-order valence-electron chi connectivity index (χ0n) is 10.9. The van der Waals surface area contributed by atoms with E-state index in [9.17, 15) is 14.7 Å². The van der Waals surface area contributed by atoms with Crippen molar-refractivity contribution in [2.45, 2.75) is 13.3 Å². The van der Waals surface area contributed by atoms with Crippen LogP contribution in [0.5, 0.6) is 5.88 Å². The Bertz CT molecular complexity index is 663. The van der Waals surface area contributed by atoms with Gasteiger partial charge in [0.05, 0.1) is 5.71 Å². The molecule has 0 fully saturated rings. The van der Waals surface area contributed by atoms with Gasteiger partial charge in [0.2, 0.25) is 11.8 Å². The summed E-state index contributed by atoms with van der Waals surface area (Å²) in [4.78, 5) is 23.6. The summed E-state index contributed by atoms with van der Waals surface area (Å²) in [5, 5.41) is 17.1. The smallest absolute Gasteiger partial charge is 0.333 e. The summed E-state index contributed by atoms with van der Waals surface area (Å²) in [6.07, 6.45) is 0.303. The Morgan fingerprint density at radius 2 is 1.79 bits per heavy atom. The van der Waals surface area contributed by atoms with Crippen molar-refractivity contribution in [3.63, 3.8) is 0 Å². The fourth-order valence-corrected chi connectivity index (χ4v) is 1.50. The highest BCUT2D eigenvalue weighted by Gasteiger charge is 2.18. The number of nitrogens with zero attached hydrogens (tertiary/aromatic N) is 4. The van der Waals surface area contributed by atoms with Gasteiger partial charge in [-0.2, -0.15) is 5.10 Å². The van der Waals surface area contributed by atoms with E-state index in [1.165, 1.54) is 14.1 Å². The maximum absolute atomic E-state index is 12.0. The van der Waals surface area contributed by atoms with Gasteiger partial charge in [0.25, 0.3) is 5.56 Å². The lowest BCUT2D eigenvalue weighted by Crippen LogP contribution is -2.40. The molecule has 0 aliphatic carbocycles. The highest BCUT2D eigenvalue weighted by atomic mass is 16.3. The second-order valence-corrected chi connectivity index (χ2v) is 3.83. The molecule has 0 aliphatic rings. The minimum Gasteiger partial charge on any atom is -0.494 e. The van der Waals surface area contributed by atoms with Crippen molar-refractivity contribution >= 4 is 11.7 Å². The predicted octanol–water partition coefficient (Wildman–Crippen LogP) is -1.82. The minimum absolute atomic E-state index is 0.0999. The van der Waals surface area contributed by atoms with Gasteiger partial charge in [0.1, 0.15) is 5.56 Å². The fourth-order valence-electron chi connectivity index (χ4n) is 1.50. The molecule has 0 bridgehead atoms. The standard InChI is InChI=1S/C10H16N6O3/c1-4-5(13-14-9(11)12)6-7(17)15(2)10(19)16(3)8(6)18/h17H,4H2,1-3H3,(H4,11,12,14)/b13-5+. The van der Waals surface area contributed by atoms with Gasteiger partial charge in [-0.3, -0.25) is 13.9 Å². The molecule has 1 rings (SSSR count). The van der Waals surface area contributed by atoms with Crippen LogP contribution in [0, 0.1) is 0 Å². The first-order valence-corrected chi connectivity index (χ1v) is 5.46. The third-order valence-corrected chi connectivity index (χ3v) is 2.54. The van der Waals surface area contributed by atoms with E-state index < -0.39 is 17.1 Å². The first-order valence-electron chi connectivity index (χ1n) is 5.46. The Morgan fingerprint density at radius 3 is 2.26 bits per heavy atom. The summed E-state index contributed by atoms with van der Waals surface area (Å²) in [5.74, 6) is -0.744. The van der Waals surface area contributed by atoms with Crippen LogP contribution in [0.3, 0.4) is 0 Å². The molecule has 0 radical (unpaired) electrons. The molecule has 1 aromatic rings. The molecule has 0 saturated heterocycles. The van der Waals surface area contributed by atoms with E-state index in [4.69, 9.17) is 11.5 Å². The third kappa shape index (κ3) is 2.64. The van der Waals surface area contributed by atoms with Crippen LogP contribution in [0.15, 0.2) is 19.8 Å². The van der Waals surface area contributed by atoms with Gasteiger partial charge in [-0.1, -0.05) is 6.92 Å². The monoisotopic (exact) mass is 268 g/mol. The van der Waals surface area contributed by atoms with Crippen molar-refractivity contribution in [3.8, 4) is 5.88 Å². The molecular formula is C10H16N6O3. The van der Waals surface area contributed by atoms with E-state index in [0.29, 0.717) is 6.42 Å². The second kappa shape index (κ2) is 5.38. The molecule has 0 amide bonds. The zero-order chi connectivity index (χ0) is 14.7. The summed E-state index contributed by atoms with van der Waals surface area (Å²) in [6.45, 7) is 1.71. The highest BCUT2D eigenvalue weighted by molar-refractivity contribution is 6.02. The molecular weight excluding hydrogens is 252 g/mol. The van der Waals surface area contributed by atoms with Gasteiger partial charge in [0.15, 0.2) is 0 Å². The van der Waals surface area contributed by atoms with E-state index >= 15 is 0 Å². The molecule has 9 nitrogen and oxygen atoms in total. The van der Waals surface area contributed by atoms with Crippen LogP contribution in [0.4, 0.5) is 0 Å². The number of hydrogen-bond acceptors (Lipinski definition) is 5. The molecule has 0 aromatic carbocycles. The Labute approximate surface area is 108 Å². The van der Waals surface area contributed by atoms with Crippen LogP contribution in [-0.2, 0) is 14.1 Å². The lowest BCUT2D eigenvalue weighted by molar-refractivity contribution is 0.410. The maximum Gasteiger partial charge on any atom is 0.333 e. The molecule has 1 aromatic heterocycles. The molecule has 0 unspecified atom stereocenters. The molecule has 9 heteroatoms. The lowest BCUT2D eigenvalue weighted by Gasteiger charge is -2.10. The van der Waals surface area contributed by atoms with Crippen molar-refractivity contribution < 1.29 is 5.11 Å². The van der Waals surface area contributed by atoms with Gasteiger partial charge >= 0.3 is 5.69 Å². The van der Waals surface area contributed by atoms with Crippen LogP contribution >= 0.6 is 0 Å². The Hall–Kier alpha value is -2.58. The summed E-state index contributed by atoms with van der Waals surface area (Å²) >= 11 is 0. The fraction of sp³-hybridized carbons (Fsp3) is 0.400. The molecule has 1 heterocycles. The SMILES string of the molecule is CC/C(=N\N=C(N)N)c1c(O)n(C)c(=O)n(C)c1=O. The van der Waals surface area contributed by atoms with Crippen molar-refractivity contribution in [3.05, 3.63) is 26.4 Å². The number of rotatable bonds is 3. The third-order valence-electron chi connectivity index (χ3n) is 2.54. The molecule has 0 spiro atoms. The van der Waals surface area contributed by atoms with Crippen LogP contribution < -0.4 is 22.7 Å². The molecule has 5 N–H and O–H groups in total. The van der Waals surface area contributed by atoms with E-state index in [1.807, 2.05) is 0 Å². The first kappa shape index (κ1) is 14.5. The van der Waals surface area contributed by atoms with Crippen molar-refractivity contribution in [2.24, 2.45) is 35.8 Å². The Morgan fingerprint density at radius 1 is 1.21 bits per heavy atom. The zero-order valence-corrected chi connectivity index (χ0v) is 10.9. The van der Waals surface area contributed by atoms with Gasteiger partial charge in [-0.25, -0.2) is 4.79 Å². The maximum atomic E-state index is 12.0. The van der Waals surface area contributed by atoms with E-state index in [2.05, 4.69) is 10.2 Å². The van der Waals surface area contributed by atoms with E-state index in [-0.39, 0.29) is 17.2 Å². The van der Waals surface area contributed by atoms with Crippen LogP contribution in [-0.4, -0.2) is 25.9 Å². The summed E-state index contributed by atoms with van der Waals surface area (Å²) in [7, 11) is 2.65. The lowest BCUT2D eigenvalue weighted by atomic mass is 10.1. The molecule has 19 heavy (non-hydrogen) atoms. The van der Waals surface area contributed by atoms with E-state index in [0.717, 1.165) is 9.13 Å². The Kier molecular flexibility index (Phi) is 4.10. The van der Waals surface area contributed by atoms with Crippen LogP contribution in [0.2, 0.25) is 0 Å². The topological polar surface area (TPSA) is 141 Å². The van der Waals surface area contributed by atoms with Crippen molar-refractivity contribution in [1.82, 2.24) is 9.13 Å². The molecule has 0 atom stereocenters. The minimum atomic E-state index is -0.660. The predicted molar refractivity (Wildman–Crippen MR) is 71.2 cm³/mol. The normalized spacial score (nSPS) is 11.4. The van der Waals surface area contributed by atoms with Gasteiger partial charge in [0, 0.05) is 14.1 Å². The highest BCUT2D eigenvalue weighted by Crippen LogP contribution is 2.12. The van der Waals surface area contributed by atoms with Crippen molar-refractivity contribution in [2.75, 3.05) is 0 Å². The molecule has 0 saturated carbocycles. The quantitative estimate of drug-likeness (QED) is 0.336. The van der Waals surface area contributed by atoms with Crippen LogP contribution in [0.25, 0.3) is 0 Å². The summed E-state index contributed by atoms with van der Waals surface area (Å²) in [6, 6.07) is 0. The Balaban J connectivity index is 3.68. The van der Waals surface area contributed by atoms with Gasteiger partial charge in [-0.15, -0.1) is 5.10 Å².